The van der Waals surface area contributed by atoms with Crippen molar-refractivity contribution >= 4 is 5.91 Å². The third-order valence-corrected chi connectivity index (χ3v) is 1.80. The molecule has 0 aromatic rings. The molecule has 0 bridgehead atoms. The first kappa shape index (κ1) is 8.09. The van der Waals surface area contributed by atoms with Gasteiger partial charge in [-0.1, -0.05) is 12.3 Å². The highest BCUT2D eigenvalue weighted by atomic mass is 16.6. The number of rotatable bonds is 3. The van der Waals surface area contributed by atoms with Gasteiger partial charge in [0.2, 0.25) is 5.91 Å². The van der Waals surface area contributed by atoms with Gasteiger partial charge in [0.1, 0.15) is 6.61 Å². The van der Waals surface area contributed by atoms with Crippen LogP contribution >= 0.6 is 0 Å². The Labute approximate surface area is 66.1 Å². The van der Waals surface area contributed by atoms with Gasteiger partial charge in [-0.2, -0.15) is 0 Å². The topological polar surface area (TPSA) is 38.3 Å². The van der Waals surface area contributed by atoms with Crippen molar-refractivity contribution in [1.29, 1.82) is 0 Å². The van der Waals surface area contributed by atoms with Crippen molar-refractivity contribution in [2.24, 2.45) is 5.92 Å². The van der Waals surface area contributed by atoms with Gasteiger partial charge in [0.05, 0.1) is 0 Å². The number of terminal acetylenes is 1. The molecule has 1 aliphatic rings. The lowest BCUT2D eigenvalue weighted by molar-refractivity contribution is -0.139. The summed E-state index contributed by atoms with van der Waals surface area (Å²) in [6, 6.07) is 0. The molecule has 0 aromatic heterocycles. The Morgan fingerprint density at radius 2 is 2.45 bits per heavy atom. The van der Waals surface area contributed by atoms with E-state index in [1.54, 1.807) is 0 Å². The van der Waals surface area contributed by atoms with Crippen LogP contribution in [0.5, 0.6) is 0 Å². The van der Waals surface area contributed by atoms with Crippen LogP contribution in [0.25, 0.3) is 0 Å². The average Bonchev–Trinajstić information content (AvgIpc) is 1.84. The quantitative estimate of drug-likeness (QED) is 0.363. The molecule has 0 saturated heterocycles. The smallest absolute Gasteiger partial charge is 0.246 e. The lowest BCUT2D eigenvalue weighted by Crippen LogP contribution is -2.34. The normalized spacial score (nSPS) is 16.6. The summed E-state index contributed by atoms with van der Waals surface area (Å²) in [5, 5.41) is 0. The molecule has 0 unspecified atom stereocenters. The minimum absolute atomic E-state index is 0.0356. The Morgan fingerprint density at radius 3 is 2.91 bits per heavy atom. The van der Waals surface area contributed by atoms with Crippen LogP contribution in [0.1, 0.15) is 19.3 Å². The van der Waals surface area contributed by atoms with Gasteiger partial charge in [-0.25, -0.2) is 5.48 Å². The summed E-state index contributed by atoms with van der Waals surface area (Å²) in [4.78, 5) is 15.7. The highest BCUT2D eigenvalue weighted by Gasteiger charge is 2.24. The summed E-state index contributed by atoms with van der Waals surface area (Å²) in [5.41, 5.74) is 2.30. The van der Waals surface area contributed by atoms with E-state index in [9.17, 15) is 4.79 Å². The summed E-state index contributed by atoms with van der Waals surface area (Å²) in [5.74, 6) is 2.39. The number of nitrogens with one attached hydrogen (secondary N) is 1. The SMILES string of the molecule is C#CCONC(=O)C1CCC1. The second-order valence-corrected chi connectivity index (χ2v) is 2.59. The minimum atomic E-state index is -0.0356. The monoisotopic (exact) mass is 153 g/mol. The fourth-order valence-electron chi connectivity index (χ4n) is 0.903. The van der Waals surface area contributed by atoms with Gasteiger partial charge in [0.15, 0.2) is 0 Å². The van der Waals surface area contributed by atoms with Crippen molar-refractivity contribution in [2.75, 3.05) is 6.61 Å². The Bertz CT molecular complexity index is 179. The van der Waals surface area contributed by atoms with Crippen molar-refractivity contribution in [3.05, 3.63) is 0 Å². The van der Waals surface area contributed by atoms with Gasteiger partial charge in [0.25, 0.3) is 0 Å². The van der Waals surface area contributed by atoms with Crippen LogP contribution in [-0.2, 0) is 9.63 Å². The molecule has 0 aromatic carbocycles. The molecule has 0 aliphatic heterocycles. The molecule has 1 N–H and O–H groups in total. The van der Waals surface area contributed by atoms with E-state index in [2.05, 4.69) is 16.2 Å². The van der Waals surface area contributed by atoms with Gasteiger partial charge in [-0.05, 0) is 12.8 Å². The fourth-order valence-corrected chi connectivity index (χ4v) is 0.903. The third-order valence-electron chi connectivity index (χ3n) is 1.80. The Balaban J connectivity index is 2.06. The van der Waals surface area contributed by atoms with Gasteiger partial charge >= 0.3 is 0 Å². The second-order valence-electron chi connectivity index (χ2n) is 2.59. The molecule has 1 fully saturated rings. The number of hydroxylamine groups is 1. The molecule has 3 nitrogen and oxygen atoms in total. The van der Waals surface area contributed by atoms with E-state index in [1.165, 1.54) is 0 Å². The lowest BCUT2D eigenvalue weighted by Gasteiger charge is -2.23. The van der Waals surface area contributed by atoms with E-state index in [0.29, 0.717) is 0 Å². The molecule has 1 amide bonds. The molecular formula is C8H11NO2. The number of hydrogen-bond acceptors (Lipinski definition) is 2. The molecule has 0 radical (unpaired) electrons. The Morgan fingerprint density at radius 1 is 1.73 bits per heavy atom. The zero-order valence-electron chi connectivity index (χ0n) is 6.30. The van der Waals surface area contributed by atoms with Crippen LogP contribution in [0.4, 0.5) is 0 Å². The summed E-state index contributed by atoms with van der Waals surface area (Å²) in [6.07, 6.45) is 8.01. The van der Waals surface area contributed by atoms with Gasteiger partial charge < -0.3 is 0 Å². The highest BCUT2D eigenvalue weighted by molar-refractivity contribution is 5.78. The van der Waals surface area contributed by atoms with E-state index < -0.39 is 0 Å². The van der Waals surface area contributed by atoms with Crippen LogP contribution in [0.2, 0.25) is 0 Å². The molecule has 1 aliphatic carbocycles. The van der Waals surface area contributed by atoms with Crippen molar-refractivity contribution < 1.29 is 9.63 Å². The van der Waals surface area contributed by atoms with Crippen LogP contribution in [0.3, 0.4) is 0 Å². The van der Waals surface area contributed by atoms with Crippen LogP contribution < -0.4 is 5.48 Å². The molecule has 1 saturated carbocycles. The molecule has 0 heterocycles. The standard InChI is InChI=1S/C8H11NO2/c1-2-6-11-9-8(10)7-4-3-5-7/h1,7H,3-6H2,(H,9,10). The Hall–Kier alpha value is -1.01. The highest BCUT2D eigenvalue weighted by Crippen LogP contribution is 2.25. The first-order valence-electron chi connectivity index (χ1n) is 3.69. The molecule has 0 atom stereocenters. The number of carbonyl (C=O) groups is 1. The summed E-state index contributed by atoms with van der Waals surface area (Å²) < 4.78 is 0. The maximum absolute atomic E-state index is 11.0. The molecule has 0 spiro atoms. The van der Waals surface area contributed by atoms with E-state index in [-0.39, 0.29) is 18.4 Å². The fraction of sp³-hybridized carbons (Fsp3) is 0.625. The zero-order valence-corrected chi connectivity index (χ0v) is 6.30. The van der Waals surface area contributed by atoms with Crippen molar-refractivity contribution in [1.82, 2.24) is 5.48 Å². The zero-order chi connectivity index (χ0) is 8.10. The van der Waals surface area contributed by atoms with Crippen molar-refractivity contribution in [2.45, 2.75) is 19.3 Å². The third kappa shape index (κ3) is 2.24. The van der Waals surface area contributed by atoms with Crippen LogP contribution in [-0.4, -0.2) is 12.5 Å². The molecule has 11 heavy (non-hydrogen) atoms. The first-order chi connectivity index (χ1) is 5.34. The predicted octanol–water partition coefficient (Wildman–Crippen LogP) is 0.467. The summed E-state index contributed by atoms with van der Waals surface area (Å²) >= 11 is 0. The molecule has 1 rings (SSSR count). The van der Waals surface area contributed by atoms with E-state index in [0.717, 1.165) is 19.3 Å². The number of hydrogen-bond donors (Lipinski definition) is 1. The van der Waals surface area contributed by atoms with Crippen molar-refractivity contribution in [3.8, 4) is 12.3 Å². The maximum Gasteiger partial charge on any atom is 0.246 e. The second kappa shape index (κ2) is 3.99. The van der Waals surface area contributed by atoms with Crippen molar-refractivity contribution in [3.63, 3.8) is 0 Å². The Kier molecular flexibility index (Phi) is 2.94. The van der Waals surface area contributed by atoms with E-state index in [1.807, 2.05) is 0 Å². The van der Waals surface area contributed by atoms with Gasteiger partial charge in [-0.15, -0.1) is 6.42 Å². The van der Waals surface area contributed by atoms with E-state index >= 15 is 0 Å². The number of carbonyl (C=O) groups excluding carboxylic acids is 1. The number of amides is 1. The molecule has 60 valence electrons. The summed E-state index contributed by atoms with van der Waals surface area (Å²) in [7, 11) is 0. The van der Waals surface area contributed by atoms with E-state index in [4.69, 9.17) is 6.42 Å². The van der Waals surface area contributed by atoms with Crippen LogP contribution in [0.15, 0.2) is 0 Å². The van der Waals surface area contributed by atoms with Crippen LogP contribution in [0, 0.1) is 18.3 Å². The van der Waals surface area contributed by atoms with Gasteiger partial charge in [-0.3, -0.25) is 9.63 Å². The minimum Gasteiger partial charge on any atom is -0.272 e. The lowest BCUT2D eigenvalue weighted by atomic mass is 9.85. The average molecular weight is 153 g/mol. The first-order valence-corrected chi connectivity index (χ1v) is 3.69. The largest absolute Gasteiger partial charge is 0.272 e. The van der Waals surface area contributed by atoms with Gasteiger partial charge in [0, 0.05) is 5.92 Å². The molecular weight excluding hydrogens is 142 g/mol. The maximum atomic E-state index is 11.0. The molecule has 3 heteroatoms. The predicted molar refractivity (Wildman–Crippen MR) is 40.3 cm³/mol. The summed E-state index contributed by atoms with van der Waals surface area (Å²) in [6.45, 7) is 0.137.